The standard InChI is InChI=1S/C12H16F3N2O5/c13-12(14,15)11(21)17(22)9(19)6-7(10(17)20)8(18)4-2-1-3-5-16/h7,22H,1-6,16H2/q+1. The van der Waals surface area contributed by atoms with Crippen LogP contribution >= 0.6 is 0 Å². The van der Waals surface area contributed by atoms with Crippen molar-refractivity contribution in [3.63, 3.8) is 0 Å². The van der Waals surface area contributed by atoms with Gasteiger partial charge in [-0.05, 0) is 19.4 Å². The molecule has 1 fully saturated rings. The summed E-state index contributed by atoms with van der Waals surface area (Å²) in [6.07, 6.45) is -5.04. The molecule has 3 N–H and O–H groups in total. The number of nitrogens with two attached hydrogens (primary N) is 1. The fraction of sp³-hybridized carbons (Fsp3) is 0.667. The number of halogens is 3. The van der Waals surface area contributed by atoms with E-state index in [-0.39, 0.29) is 6.42 Å². The van der Waals surface area contributed by atoms with Gasteiger partial charge in [-0.15, -0.1) is 0 Å². The van der Waals surface area contributed by atoms with Crippen molar-refractivity contribution in [3.8, 4) is 0 Å². The molecule has 1 heterocycles. The van der Waals surface area contributed by atoms with Gasteiger partial charge in [0, 0.05) is 11.1 Å². The number of quaternary nitrogens is 1. The number of alkyl halides is 3. The largest absolute Gasteiger partial charge is 0.514 e. The molecule has 22 heavy (non-hydrogen) atoms. The van der Waals surface area contributed by atoms with Crippen LogP contribution in [-0.4, -0.2) is 46.1 Å². The fourth-order valence-corrected chi connectivity index (χ4v) is 2.19. The highest BCUT2D eigenvalue weighted by Crippen LogP contribution is 2.33. The lowest BCUT2D eigenvalue weighted by Crippen LogP contribution is -2.60. The van der Waals surface area contributed by atoms with Crippen LogP contribution in [0.25, 0.3) is 0 Å². The Balaban J connectivity index is 2.84. The van der Waals surface area contributed by atoms with Gasteiger partial charge < -0.3 is 5.73 Å². The number of carbonyl (C=O) groups excluding carboxylic acids is 4. The molecular weight excluding hydrogens is 309 g/mol. The molecule has 0 radical (unpaired) electrons. The minimum Gasteiger partial charge on any atom is -0.330 e. The van der Waals surface area contributed by atoms with Gasteiger partial charge in [-0.2, -0.15) is 18.4 Å². The van der Waals surface area contributed by atoms with Crippen molar-refractivity contribution in [2.24, 2.45) is 11.7 Å². The number of carbonyl (C=O) groups is 4. The van der Waals surface area contributed by atoms with Crippen molar-refractivity contribution in [2.75, 3.05) is 6.54 Å². The van der Waals surface area contributed by atoms with Gasteiger partial charge in [0.05, 0.1) is 6.42 Å². The maximum absolute atomic E-state index is 12.4. The molecule has 10 heteroatoms. The number of rotatable bonds is 6. The van der Waals surface area contributed by atoms with Gasteiger partial charge in [-0.3, -0.25) is 4.79 Å². The topological polar surface area (TPSA) is 115 Å². The molecule has 0 bridgehead atoms. The van der Waals surface area contributed by atoms with E-state index in [0.29, 0.717) is 25.8 Å². The molecule has 0 aliphatic carbocycles. The zero-order valence-corrected chi connectivity index (χ0v) is 11.6. The van der Waals surface area contributed by atoms with E-state index in [4.69, 9.17) is 5.73 Å². The molecule has 1 saturated heterocycles. The van der Waals surface area contributed by atoms with Crippen molar-refractivity contribution >= 4 is 23.5 Å². The highest BCUT2D eigenvalue weighted by molar-refractivity contribution is 6.12. The monoisotopic (exact) mass is 325 g/mol. The highest BCUT2D eigenvalue weighted by Gasteiger charge is 2.70. The Morgan fingerprint density at radius 1 is 1.23 bits per heavy atom. The summed E-state index contributed by atoms with van der Waals surface area (Å²) in [5, 5.41) is 9.56. The maximum Gasteiger partial charge on any atom is 0.514 e. The van der Waals surface area contributed by atoms with Crippen LogP contribution in [0.4, 0.5) is 13.2 Å². The van der Waals surface area contributed by atoms with E-state index in [1.807, 2.05) is 0 Å². The Hall–Kier alpha value is -1.65. The third-order valence-electron chi connectivity index (χ3n) is 3.41. The van der Waals surface area contributed by atoms with Crippen molar-refractivity contribution in [1.29, 1.82) is 0 Å². The summed E-state index contributed by atoms with van der Waals surface area (Å²) in [5.74, 6) is -8.77. The average Bonchev–Trinajstić information content (AvgIpc) is 2.67. The van der Waals surface area contributed by atoms with Gasteiger partial charge in [0.25, 0.3) is 0 Å². The van der Waals surface area contributed by atoms with E-state index in [0.717, 1.165) is 0 Å². The number of imide groups is 3. The predicted molar refractivity (Wildman–Crippen MR) is 63.8 cm³/mol. The molecule has 0 saturated carbocycles. The molecule has 1 rings (SSSR count). The first-order valence-corrected chi connectivity index (χ1v) is 6.61. The zero-order chi connectivity index (χ0) is 17.1. The summed E-state index contributed by atoms with van der Waals surface area (Å²) in [6.45, 7) is 0.408. The van der Waals surface area contributed by atoms with E-state index in [1.165, 1.54) is 0 Å². The molecule has 2 atom stereocenters. The van der Waals surface area contributed by atoms with Gasteiger partial charge in [0.15, 0.2) is 0 Å². The Morgan fingerprint density at radius 3 is 2.32 bits per heavy atom. The number of ketones is 1. The SMILES string of the molecule is NCCCCCC(=O)C1CC(=O)[N+](O)(C(=O)C(F)(F)F)C1=O. The molecule has 0 spiro atoms. The first kappa shape index (κ1) is 18.4. The zero-order valence-electron chi connectivity index (χ0n) is 11.6. The Labute approximate surface area is 123 Å². The minimum atomic E-state index is -5.57. The van der Waals surface area contributed by atoms with Crippen molar-refractivity contribution in [3.05, 3.63) is 0 Å². The second-order valence-corrected chi connectivity index (χ2v) is 4.99. The summed E-state index contributed by atoms with van der Waals surface area (Å²) >= 11 is 0. The first-order chi connectivity index (χ1) is 10.1. The third-order valence-corrected chi connectivity index (χ3v) is 3.41. The quantitative estimate of drug-likeness (QED) is 0.241. The molecule has 2 unspecified atom stereocenters. The number of hydrogen-bond donors (Lipinski definition) is 2. The van der Waals surface area contributed by atoms with E-state index < -0.39 is 46.7 Å². The summed E-state index contributed by atoms with van der Waals surface area (Å²) in [6, 6.07) is 0. The lowest BCUT2D eigenvalue weighted by atomic mass is 9.97. The van der Waals surface area contributed by atoms with Crippen LogP contribution in [0.3, 0.4) is 0 Å². The number of likely N-dealkylation sites (tertiary alicyclic amines) is 1. The molecule has 3 amide bonds. The van der Waals surface area contributed by atoms with Gasteiger partial charge in [-0.25, -0.2) is 14.4 Å². The van der Waals surface area contributed by atoms with Gasteiger partial charge in [0.2, 0.25) is 0 Å². The predicted octanol–water partition coefficient (Wildman–Crippen LogP) is 0.443. The van der Waals surface area contributed by atoms with E-state index in [1.54, 1.807) is 0 Å². The summed E-state index contributed by atoms with van der Waals surface area (Å²) in [7, 11) is 0. The average molecular weight is 325 g/mol. The van der Waals surface area contributed by atoms with E-state index in [2.05, 4.69) is 0 Å². The maximum atomic E-state index is 12.4. The van der Waals surface area contributed by atoms with Crippen LogP contribution in [0.2, 0.25) is 0 Å². The molecule has 0 aromatic rings. The summed E-state index contributed by atoms with van der Waals surface area (Å²) in [5.41, 5.74) is 5.25. The molecule has 7 nitrogen and oxygen atoms in total. The van der Waals surface area contributed by atoms with Crippen LogP contribution in [0.1, 0.15) is 32.1 Å². The number of unbranched alkanes of at least 4 members (excludes halogenated alkanes) is 2. The highest BCUT2D eigenvalue weighted by atomic mass is 19.4. The molecular formula is C12H16F3N2O5+. The number of Topliss-reactive ketones (excluding diaryl/α,β-unsaturated/α-hetero) is 1. The molecule has 1 aliphatic heterocycles. The van der Waals surface area contributed by atoms with Gasteiger partial charge in [-0.1, -0.05) is 6.42 Å². The van der Waals surface area contributed by atoms with Gasteiger partial charge >= 0.3 is 23.9 Å². The molecule has 1 aliphatic rings. The van der Waals surface area contributed by atoms with Crippen molar-refractivity contribution in [1.82, 2.24) is 0 Å². The number of hydrogen-bond acceptors (Lipinski definition) is 6. The lowest BCUT2D eigenvalue weighted by Gasteiger charge is -2.17. The van der Waals surface area contributed by atoms with Crippen LogP contribution in [0.15, 0.2) is 0 Å². The Kier molecular flexibility index (Phi) is 5.54. The number of hydroxylamine groups is 3. The summed E-state index contributed by atoms with van der Waals surface area (Å²) < 4.78 is 34.1. The summed E-state index contributed by atoms with van der Waals surface area (Å²) in [4.78, 5) is 46.2. The molecule has 0 aromatic carbocycles. The smallest absolute Gasteiger partial charge is 0.330 e. The molecule has 124 valence electrons. The van der Waals surface area contributed by atoms with Crippen LogP contribution in [0, 0.1) is 5.92 Å². The first-order valence-electron chi connectivity index (χ1n) is 6.61. The van der Waals surface area contributed by atoms with Crippen molar-refractivity contribution < 1.29 is 42.2 Å². The number of amides is 3. The minimum absolute atomic E-state index is 0.135. The lowest BCUT2D eigenvalue weighted by molar-refractivity contribution is -0.909. The van der Waals surface area contributed by atoms with Crippen LogP contribution in [0.5, 0.6) is 0 Å². The van der Waals surface area contributed by atoms with Crippen LogP contribution < -0.4 is 5.73 Å². The molecule has 0 aromatic heterocycles. The Bertz CT molecular complexity index is 505. The second-order valence-electron chi connectivity index (χ2n) is 4.99. The fourth-order valence-electron chi connectivity index (χ4n) is 2.19. The van der Waals surface area contributed by atoms with Crippen molar-refractivity contribution in [2.45, 2.75) is 38.3 Å². The van der Waals surface area contributed by atoms with Crippen LogP contribution in [-0.2, 0) is 19.2 Å². The van der Waals surface area contributed by atoms with E-state index in [9.17, 15) is 37.6 Å². The Morgan fingerprint density at radius 2 is 1.82 bits per heavy atom. The normalized spacial score (nSPS) is 25.6. The van der Waals surface area contributed by atoms with Gasteiger partial charge in [0.1, 0.15) is 11.7 Å². The third kappa shape index (κ3) is 3.39. The second kappa shape index (κ2) is 6.63. The number of nitrogens with zero attached hydrogens (tertiary/aromatic N) is 1. The van der Waals surface area contributed by atoms with E-state index >= 15 is 0 Å².